The smallest absolute Gasteiger partial charge is 0.170 e. The molecule has 0 bridgehead atoms. The monoisotopic (exact) mass is 244 g/mol. The average molecular weight is 244 g/mol. The number of ether oxygens (including phenoxy) is 2. The van der Waals surface area contributed by atoms with Crippen molar-refractivity contribution in [3.8, 4) is 22.8 Å². The summed E-state index contributed by atoms with van der Waals surface area (Å²) in [6.07, 6.45) is 1.78. The molecule has 2 rings (SSSR count). The number of pyridine rings is 1. The number of methoxy groups -OCH3 is 2. The van der Waals surface area contributed by atoms with Gasteiger partial charge in [0.1, 0.15) is 0 Å². The Kier molecular flexibility index (Phi) is 3.37. The molecule has 0 aliphatic heterocycles. The highest BCUT2D eigenvalue weighted by Gasteiger charge is 2.14. The second-order valence-electron chi connectivity index (χ2n) is 3.99. The standard InChI is InChI=1S/C14H16N2O2/c1-9-7-11(15)13(16-8-9)10-5-4-6-12(17-2)14(10)18-3/h4-8H,15H2,1-3H3. The Labute approximate surface area is 106 Å². The summed E-state index contributed by atoms with van der Waals surface area (Å²) in [6.45, 7) is 1.95. The van der Waals surface area contributed by atoms with Crippen molar-refractivity contribution in [1.29, 1.82) is 0 Å². The fraction of sp³-hybridized carbons (Fsp3) is 0.214. The maximum absolute atomic E-state index is 6.01. The molecule has 1 aromatic heterocycles. The van der Waals surface area contributed by atoms with Crippen LogP contribution in [0, 0.1) is 6.92 Å². The van der Waals surface area contributed by atoms with Crippen LogP contribution in [0.3, 0.4) is 0 Å². The summed E-state index contributed by atoms with van der Waals surface area (Å²) in [5, 5.41) is 0. The molecular formula is C14H16N2O2. The lowest BCUT2D eigenvalue weighted by Gasteiger charge is -2.13. The summed E-state index contributed by atoms with van der Waals surface area (Å²) < 4.78 is 10.7. The topological polar surface area (TPSA) is 57.4 Å². The summed E-state index contributed by atoms with van der Waals surface area (Å²) >= 11 is 0. The van der Waals surface area contributed by atoms with Crippen molar-refractivity contribution in [2.24, 2.45) is 0 Å². The number of nitrogens with zero attached hydrogens (tertiary/aromatic N) is 1. The Morgan fingerprint density at radius 1 is 1.17 bits per heavy atom. The molecule has 94 valence electrons. The van der Waals surface area contributed by atoms with E-state index >= 15 is 0 Å². The number of hydrogen-bond donors (Lipinski definition) is 1. The van der Waals surface area contributed by atoms with Crippen LogP contribution in [0.4, 0.5) is 5.69 Å². The molecule has 0 aliphatic carbocycles. The zero-order valence-electron chi connectivity index (χ0n) is 10.7. The van der Waals surface area contributed by atoms with Gasteiger partial charge in [-0.2, -0.15) is 0 Å². The zero-order chi connectivity index (χ0) is 13.1. The van der Waals surface area contributed by atoms with Gasteiger partial charge in [-0.3, -0.25) is 4.98 Å². The van der Waals surface area contributed by atoms with E-state index in [9.17, 15) is 0 Å². The van der Waals surface area contributed by atoms with Crippen molar-refractivity contribution in [2.75, 3.05) is 20.0 Å². The first-order chi connectivity index (χ1) is 8.67. The van der Waals surface area contributed by atoms with Crippen molar-refractivity contribution in [2.45, 2.75) is 6.92 Å². The Morgan fingerprint density at radius 3 is 2.56 bits per heavy atom. The molecule has 0 amide bonds. The second kappa shape index (κ2) is 4.96. The molecule has 0 aliphatic rings. The molecule has 1 heterocycles. The van der Waals surface area contributed by atoms with Crippen molar-refractivity contribution < 1.29 is 9.47 Å². The summed E-state index contributed by atoms with van der Waals surface area (Å²) in [5.74, 6) is 1.31. The van der Waals surface area contributed by atoms with Crippen LogP contribution < -0.4 is 15.2 Å². The number of para-hydroxylation sites is 1. The van der Waals surface area contributed by atoms with E-state index in [-0.39, 0.29) is 0 Å². The molecule has 2 N–H and O–H groups in total. The van der Waals surface area contributed by atoms with Gasteiger partial charge in [0.05, 0.1) is 25.6 Å². The van der Waals surface area contributed by atoms with E-state index in [0.29, 0.717) is 22.9 Å². The molecule has 0 fully saturated rings. The van der Waals surface area contributed by atoms with E-state index in [1.807, 2.05) is 31.2 Å². The lowest BCUT2D eigenvalue weighted by molar-refractivity contribution is 0.356. The third-order valence-electron chi connectivity index (χ3n) is 2.71. The third-order valence-corrected chi connectivity index (χ3v) is 2.71. The highest BCUT2D eigenvalue weighted by Crippen LogP contribution is 2.38. The molecule has 0 spiro atoms. The van der Waals surface area contributed by atoms with Crippen molar-refractivity contribution in [1.82, 2.24) is 4.98 Å². The minimum atomic E-state index is 0.626. The molecule has 0 unspecified atom stereocenters. The first kappa shape index (κ1) is 12.2. The Balaban J connectivity index is 2.63. The fourth-order valence-electron chi connectivity index (χ4n) is 1.89. The van der Waals surface area contributed by atoms with E-state index < -0.39 is 0 Å². The number of aryl methyl sites for hydroxylation is 1. The SMILES string of the molecule is COc1cccc(-c2ncc(C)cc2N)c1OC. The maximum atomic E-state index is 6.01. The first-order valence-electron chi connectivity index (χ1n) is 5.61. The minimum absolute atomic E-state index is 0.626. The number of nitrogen functional groups attached to an aromatic ring is 1. The van der Waals surface area contributed by atoms with Gasteiger partial charge in [0.2, 0.25) is 0 Å². The third kappa shape index (κ3) is 2.09. The van der Waals surface area contributed by atoms with Crippen LogP contribution in [0.25, 0.3) is 11.3 Å². The van der Waals surface area contributed by atoms with Gasteiger partial charge >= 0.3 is 0 Å². The number of hydrogen-bond acceptors (Lipinski definition) is 4. The molecule has 2 aromatic rings. The van der Waals surface area contributed by atoms with Crippen LogP contribution in [0.15, 0.2) is 30.5 Å². The van der Waals surface area contributed by atoms with Gasteiger partial charge in [-0.15, -0.1) is 0 Å². The van der Waals surface area contributed by atoms with Gasteiger partial charge in [0, 0.05) is 11.8 Å². The number of rotatable bonds is 3. The molecule has 0 atom stereocenters. The van der Waals surface area contributed by atoms with Gasteiger partial charge in [-0.1, -0.05) is 6.07 Å². The molecule has 0 saturated heterocycles. The van der Waals surface area contributed by atoms with Gasteiger partial charge in [0.25, 0.3) is 0 Å². The van der Waals surface area contributed by atoms with Crippen LogP contribution >= 0.6 is 0 Å². The largest absolute Gasteiger partial charge is 0.493 e. The van der Waals surface area contributed by atoms with E-state index in [1.54, 1.807) is 20.4 Å². The van der Waals surface area contributed by atoms with E-state index in [1.165, 1.54) is 0 Å². The lowest BCUT2D eigenvalue weighted by Crippen LogP contribution is -1.98. The maximum Gasteiger partial charge on any atom is 0.170 e. The number of anilines is 1. The molecule has 4 heteroatoms. The summed E-state index contributed by atoms with van der Waals surface area (Å²) in [5.41, 5.74) is 9.20. The Bertz CT molecular complexity index is 568. The first-order valence-corrected chi connectivity index (χ1v) is 5.61. The normalized spacial score (nSPS) is 10.2. The van der Waals surface area contributed by atoms with Gasteiger partial charge in [-0.25, -0.2) is 0 Å². The van der Waals surface area contributed by atoms with Crippen LogP contribution in [0.5, 0.6) is 11.5 Å². The molecule has 0 saturated carbocycles. The highest BCUT2D eigenvalue weighted by atomic mass is 16.5. The lowest BCUT2D eigenvalue weighted by atomic mass is 10.1. The molecular weight excluding hydrogens is 228 g/mol. The van der Waals surface area contributed by atoms with Crippen LogP contribution in [0.2, 0.25) is 0 Å². The Morgan fingerprint density at radius 2 is 1.94 bits per heavy atom. The zero-order valence-corrected chi connectivity index (χ0v) is 10.7. The molecule has 0 radical (unpaired) electrons. The minimum Gasteiger partial charge on any atom is -0.493 e. The van der Waals surface area contributed by atoms with Gasteiger partial charge < -0.3 is 15.2 Å². The van der Waals surface area contributed by atoms with Gasteiger partial charge in [-0.05, 0) is 30.7 Å². The van der Waals surface area contributed by atoms with Crippen molar-refractivity contribution >= 4 is 5.69 Å². The van der Waals surface area contributed by atoms with Crippen LogP contribution in [0.1, 0.15) is 5.56 Å². The summed E-state index contributed by atoms with van der Waals surface area (Å²) in [7, 11) is 3.21. The van der Waals surface area contributed by atoms with Crippen LogP contribution in [-0.2, 0) is 0 Å². The van der Waals surface area contributed by atoms with Gasteiger partial charge in [0.15, 0.2) is 11.5 Å². The molecule has 4 nitrogen and oxygen atoms in total. The average Bonchev–Trinajstić information content (AvgIpc) is 2.37. The highest BCUT2D eigenvalue weighted by molar-refractivity contribution is 5.79. The Hall–Kier alpha value is -2.23. The van der Waals surface area contributed by atoms with E-state index in [2.05, 4.69) is 4.98 Å². The number of aromatic nitrogens is 1. The van der Waals surface area contributed by atoms with E-state index in [4.69, 9.17) is 15.2 Å². The van der Waals surface area contributed by atoms with Crippen molar-refractivity contribution in [3.63, 3.8) is 0 Å². The fourth-order valence-corrected chi connectivity index (χ4v) is 1.89. The van der Waals surface area contributed by atoms with Crippen molar-refractivity contribution in [3.05, 3.63) is 36.0 Å². The summed E-state index contributed by atoms with van der Waals surface area (Å²) in [6, 6.07) is 7.53. The quantitative estimate of drug-likeness (QED) is 0.901. The predicted molar refractivity (Wildman–Crippen MR) is 71.9 cm³/mol. The number of benzene rings is 1. The second-order valence-corrected chi connectivity index (χ2v) is 3.99. The van der Waals surface area contributed by atoms with Crippen LogP contribution in [-0.4, -0.2) is 19.2 Å². The molecule has 1 aromatic carbocycles. The summed E-state index contributed by atoms with van der Waals surface area (Å²) in [4.78, 5) is 4.37. The van der Waals surface area contributed by atoms with E-state index in [0.717, 1.165) is 11.1 Å². The predicted octanol–water partition coefficient (Wildman–Crippen LogP) is 2.66. The molecule has 18 heavy (non-hydrogen) atoms. The number of nitrogens with two attached hydrogens (primary N) is 1.